The summed E-state index contributed by atoms with van der Waals surface area (Å²) in [6.45, 7) is 5.42. The quantitative estimate of drug-likeness (QED) is 0.560. The van der Waals surface area contributed by atoms with Crippen molar-refractivity contribution < 1.29 is 4.42 Å². The van der Waals surface area contributed by atoms with Crippen LogP contribution in [-0.4, -0.2) is 26.1 Å². The van der Waals surface area contributed by atoms with Crippen molar-refractivity contribution in [2.24, 2.45) is 12.5 Å². The zero-order chi connectivity index (χ0) is 17.2. The molecule has 4 heterocycles. The Morgan fingerprint density at radius 2 is 2.00 bits per heavy atom. The van der Waals surface area contributed by atoms with Crippen LogP contribution in [0, 0.1) is 5.41 Å². The van der Waals surface area contributed by atoms with Crippen molar-refractivity contribution in [1.29, 1.82) is 0 Å². The molecule has 1 aliphatic rings. The summed E-state index contributed by atoms with van der Waals surface area (Å²) in [6, 6.07) is 8.13. The molecule has 126 valence electrons. The van der Waals surface area contributed by atoms with Crippen LogP contribution in [0.3, 0.4) is 0 Å². The minimum absolute atomic E-state index is 0.113. The normalized spacial score (nSPS) is 19.5. The number of hydrogen-bond acceptors (Lipinski definition) is 5. The van der Waals surface area contributed by atoms with Crippen molar-refractivity contribution in [3.63, 3.8) is 0 Å². The first-order chi connectivity index (χ1) is 12.1. The van der Waals surface area contributed by atoms with Gasteiger partial charge in [-0.15, -0.1) is 0 Å². The van der Waals surface area contributed by atoms with E-state index in [1.807, 2.05) is 43.7 Å². The predicted molar refractivity (Wildman–Crippen MR) is 96.4 cm³/mol. The second-order valence-electron chi connectivity index (χ2n) is 7.39. The summed E-state index contributed by atoms with van der Waals surface area (Å²) < 4.78 is 8.19. The average Bonchev–Trinajstić information content (AvgIpc) is 3.16. The Labute approximate surface area is 145 Å². The fourth-order valence-electron chi connectivity index (χ4n) is 3.97. The molecule has 0 radical (unpaired) electrons. The van der Waals surface area contributed by atoms with Crippen LogP contribution in [0.1, 0.15) is 25.7 Å². The summed E-state index contributed by atoms with van der Waals surface area (Å²) in [7, 11) is 2.03. The fraction of sp³-hybridized carbons (Fsp3) is 0.316. The molecule has 25 heavy (non-hydrogen) atoms. The van der Waals surface area contributed by atoms with Gasteiger partial charge < -0.3 is 13.9 Å². The van der Waals surface area contributed by atoms with Gasteiger partial charge in [-0.1, -0.05) is 26.0 Å². The second kappa shape index (κ2) is 4.81. The predicted octanol–water partition coefficient (Wildman–Crippen LogP) is 3.70. The standard InChI is InChI=1S/C19H19N5O/c1-19(2)10-24(16(19)18-20-8-9-23(18)3)17-15-14(21-11-22-17)12-6-4-5-7-13(12)25-15/h4-9,11,16H,10H2,1-3H3. The Hall–Kier alpha value is -2.89. The molecule has 1 fully saturated rings. The van der Waals surface area contributed by atoms with E-state index >= 15 is 0 Å². The highest BCUT2D eigenvalue weighted by Gasteiger charge is 2.50. The number of nitrogens with zero attached hydrogens (tertiary/aromatic N) is 5. The van der Waals surface area contributed by atoms with Crippen molar-refractivity contribution in [1.82, 2.24) is 19.5 Å². The van der Waals surface area contributed by atoms with E-state index in [1.165, 1.54) is 0 Å². The largest absolute Gasteiger partial charge is 0.450 e. The van der Waals surface area contributed by atoms with Gasteiger partial charge in [-0.3, -0.25) is 0 Å². The van der Waals surface area contributed by atoms with Crippen LogP contribution in [0.4, 0.5) is 5.82 Å². The van der Waals surface area contributed by atoms with E-state index in [2.05, 4.69) is 38.3 Å². The van der Waals surface area contributed by atoms with Crippen LogP contribution in [0.5, 0.6) is 0 Å². The molecule has 0 aliphatic carbocycles. The molecular weight excluding hydrogens is 314 g/mol. The van der Waals surface area contributed by atoms with Crippen molar-refractivity contribution in [2.75, 3.05) is 11.4 Å². The maximum Gasteiger partial charge on any atom is 0.196 e. The van der Waals surface area contributed by atoms with Gasteiger partial charge in [0.25, 0.3) is 0 Å². The number of para-hydroxylation sites is 1. The zero-order valence-electron chi connectivity index (χ0n) is 14.5. The molecule has 3 aromatic heterocycles. The SMILES string of the molecule is Cn1ccnc1C1N(c2ncnc3c2oc2ccccc23)CC1(C)C. The Bertz CT molecular complexity index is 1090. The van der Waals surface area contributed by atoms with E-state index in [0.717, 1.165) is 40.3 Å². The van der Waals surface area contributed by atoms with Crippen LogP contribution in [0.25, 0.3) is 22.1 Å². The van der Waals surface area contributed by atoms with Crippen molar-refractivity contribution >= 4 is 27.9 Å². The molecule has 6 heteroatoms. The summed E-state index contributed by atoms with van der Waals surface area (Å²) >= 11 is 0. The minimum atomic E-state index is 0.113. The van der Waals surface area contributed by atoms with Crippen LogP contribution >= 0.6 is 0 Å². The lowest BCUT2D eigenvalue weighted by atomic mass is 9.74. The highest BCUT2D eigenvalue weighted by atomic mass is 16.3. The van der Waals surface area contributed by atoms with Gasteiger partial charge >= 0.3 is 0 Å². The monoisotopic (exact) mass is 333 g/mol. The Balaban J connectivity index is 1.69. The van der Waals surface area contributed by atoms with Gasteiger partial charge in [-0.2, -0.15) is 0 Å². The molecule has 0 bridgehead atoms. The molecule has 1 atom stereocenters. The molecule has 1 saturated heterocycles. The smallest absolute Gasteiger partial charge is 0.196 e. The van der Waals surface area contributed by atoms with E-state index in [1.54, 1.807) is 6.33 Å². The summed E-state index contributed by atoms with van der Waals surface area (Å²) in [5.41, 5.74) is 2.57. The molecular formula is C19H19N5O. The number of imidazole rings is 1. The second-order valence-corrected chi connectivity index (χ2v) is 7.39. The van der Waals surface area contributed by atoms with Gasteiger partial charge in [0.05, 0.1) is 6.04 Å². The number of aromatic nitrogens is 4. The highest BCUT2D eigenvalue weighted by molar-refractivity contribution is 6.05. The van der Waals surface area contributed by atoms with Crippen molar-refractivity contribution in [3.05, 3.63) is 48.8 Å². The van der Waals surface area contributed by atoms with Gasteiger partial charge in [0.2, 0.25) is 0 Å². The molecule has 6 nitrogen and oxygen atoms in total. The van der Waals surface area contributed by atoms with E-state index in [9.17, 15) is 0 Å². The summed E-state index contributed by atoms with van der Waals surface area (Å²) in [5, 5.41) is 1.02. The molecule has 0 N–H and O–H groups in total. The molecule has 5 rings (SSSR count). The first kappa shape index (κ1) is 14.5. The Kier molecular flexibility index (Phi) is 2.78. The van der Waals surface area contributed by atoms with Gasteiger partial charge in [0.1, 0.15) is 23.3 Å². The van der Waals surface area contributed by atoms with Gasteiger partial charge in [0.15, 0.2) is 11.4 Å². The lowest BCUT2D eigenvalue weighted by Gasteiger charge is -2.54. The Morgan fingerprint density at radius 1 is 1.16 bits per heavy atom. The van der Waals surface area contributed by atoms with Crippen molar-refractivity contribution in [3.8, 4) is 0 Å². The van der Waals surface area contributed by atoms with E-state index in [4.69, 9.17) is 4.42 Å². The number of anilines is 1. The van der Waals surface area contributed by atoms with Crippen LogP contribution in [0.2, 0.25) is 0 Å². The zero-order valence-corrected chi connectivity index (χ0v) is 14.5. The maximum atomic E-state index is 6.11. The molecule has 1 unspecified atom stereocenters. The number of benzene rings is 1. The van der Waals surface area contributed by atoms with E-state index < -0.39 is 0 Å². The molecule has 1 aliphatic heterocycles. The van der Waals surface area contributed by atoms with Crippen LogP contribution in [-0.2, 0) is 7.05 Å². The summed E-state index contributed by atoms with van der Waals surface area (Å²) in [5.74, 6) is 1.88. The van der Waals surface area contributed by atoms with Crippen LogP contribution in [0.15, 0.2) is 47.4 Å². The Morgan fingerprint density at radius 3 is 2.76 bits per heavy atom. The number of aryl methyl sites for hydroxylation is 1. The van der Waals surface area contributed by atoms with Crippen molar-refractivity contribution in [2.45, 2.75) is 19.9 Å². The van der Waals surface area contributed by atoms with E-state index in [-0.39, 0.29) is 11.5 Å². The third kappa shape index (κ3) is 1.94. The number of hydrogen-bond donors (Lipinski definition) is 0. The molecule has 0 saturated carbocycles. The van der Waals surface area contributed by atoms with E-state index in [0.29, 0.717) is 0 Å². The molecule has 4 aromatic rings. The summed E-state index contributed by atoms with van der Waals surface area (Å²) in [4.78, 5) is 15.9. The third-order valence-electron chi connectivity index (χ3n) is 5.14. The minimum Gasteiger partial charge on any atom is -0.450 e. The highest BCUT2D eigenvalue weighted by Crippen LogP contribution is 2.50. The van der Waals surface area contributed by atoms with Gasteiger partial charge in [0, 0.05) is 36.8 Å². The number of furan rings is 1. The lowest BCUT2D eigenvalue weighted by molar-refractivity contribution is 0.168. The summed E-state index contributed by atoms with van der Waals surface area (Å²) in [6.07, 6.45) is 5.46. The van der Waals surface area contributed by atoms with Crippen LogP contribution < -0.4 is 4.90 Å². The first-order valence-electron chi connectivity index (χ1n) is 8.42. The topological polar surface area (TPSA) is 60.0 Å². The maximum absolute atomic E-state index is 6.11. The van der Waals surface area contributed by atoms with Gasteiger partial charge in [-0.25, -0.2) is 15.0 Å². The van der Waals surface area contributed by atoms with Gasteiger partial charge in [-0.05, 0) is 12.1 Å². The molecule has 1 aromatic carbocycles. The third-order valence-corrected chi connectivity index (χ3v) is 5.14. The molecule has 0 spiro atoms. The number of rotatable bonds is 2. The lowest BCUT2D eigenvalue weighted by Crippen LogP contribution is -2.57. The molecule has 0 amide bonds. The first-order valence-corrected chi connectivity index (χ1v) is 8.42. The number of fused-ring (bicyclic) bond motifs is 3. The fourth-order valence-corrected chi connectivity index (χ4v) is 3.97. The average molecular weight is 333 g/mol.